The first-order chi connectivity index (χ1) is 16.6. The number of nitrogens with one attached hydrogen (secondary N) is 2. The molecular weight excluding hydrogens is 469 g/mol. The summed E-state index contributed by atoms with van der Waals surface area (Å²) in [6.07, 6.45) is -2.74. The Bertz CT molecular complexity index is 1140. The quantitative estimate of drug-likeness (QED) is 0.406. The van der Waals surface area contributed by atoms with Crippen molar-refractivity contribution in [1.82, 2.24) is 15.6 Å². The SMILES string of the molecule is CNC(=O)[C@H](N[C@@H](CCc1ccc(C(F)(F)F)nc1)c1ccc(F)c(OC)c1)c1ccc(F)cc1. The number of hydrogen-bond acceptors (Lipinski definition) is 4. The Kier molecular flexibility index (Phi) is 8.39. The van der Waals surface area contributed by atoms with Gasteiger partial charge >= 0.3 is 6.18 Å². The lowest BCUT2D eigenvalue weighted by Gasteiger charge is -2.26. The molecule has 0 aliphatic carbocycles. The van der Waals surface area contributed by atoms with E-state index in [1.165, 1.54) is 62.7 Å². The van der Waals surface area contributed by atoms with Crippen LogP contribution in [0, 0.1) is 11.6 Å². The van der Waals surface area contributed by atoms with Gasteiger partial charge in [0.25, 0.3) is 0 Å². The second-order valence-electron chi connectivity index (χ2n) is 7.80. The van der Waals surface area contributed by atoms with Crippen LogP contribution >= 0.6 is 0 Å². The number of ether oxygens (including phenoxy) is 1. The number of hydrogen-bond donors (Lipinski definition) is 2. The van der Waals surface area contributed by atoms with Gasteiger partial charge in [0, 0.05) is 19.3 Å². The molecule has 3 aromatic rings. The molecule has 2 aromatic carbocycles. The minimum atomic E-state index is -4.54. The average molecular weight is 493 g/mol. The minimum absolute atomic E-state index is 0.00349. The van der Waals surface area contributed by atoms with Gasteiger partial charge in [-0.2, -0.15) is 13.2 Å². The van der Waals surface area contributed by atoms with Gasteiger partial charge in [-0.05, 0) is 59.9 Å². The van der Waals surface area contributed by atoms with E-state index >= 15 is 0 Å². The predicted molar refractivity (Wildman–Crippen MR) is 120 cm³/mol. The normalized spacial score (nSPS) is 13.2. The van der Waals surface area contributed by atoms with Crippen molar-refractivity contribution in [3.05, 3.63) is 94.8 Å². The molecule has 0 saturated carbocycles. The molecule has 10 heteroatoms. The highest BCUT2D eigenvalue weighted by Crippen LogP contribution is 2.30. The summed E-state index contributed by atoms with van der Waals surface area (Å²) in [4.78, 5) is 16.2. The number of pyridine rings is 1. The van der Waals surface area contributed by atoms with Crippen molar-refractivity contribution >= 4 is 5.91 Å². The van der Waals surface area contributed by atoms with E-state index in [-0.39, 0.29) is 11.7 Å². The maximum atomic E-state index is 14.0. The van der Waals surface area contributed by atoms with Gasteiger partial charge in [0.2, 0.25) is 5.91 Å². The Morgan fingerprint density at radius 2 is 1.71 bits per heavy atom. The number of nitrogens with zero attached hydrogens (tertiary/aromatic N) is 1. The van der Waals surface area contributed by atoms with Crippen LogP contribution in [0.4, 0.5) is 22.0 Å². The van der Waals surface area contributed by atoms with Crippen molar-refractivity contribution in [2.45, 2.75) is 31.1 Å². The molecule has 0 aliphatic rings. The Morgan fingerprint density at radius 3 is 2.29 bits per heavy atom. The van der Waals surface area contributed by atoms with Gasteiger partial charge in [0.15, 0.2) is 11.6 Å². The van der Waals surface area contributed by atoms with Gasteiger partial charge in [-0.1, -0.05) is 24.3 Å². The molecule has 1 aromatic heterocycles. The number of alkyl halides is 3. The molecule has 5 nitrogen and oxygen atoms in total. The summed E-state index contributed by atoms with van der Waals surface area (Å²) < 4.78 is 71.0. The Morgan fingerprint density at radius 1 is 1.03 bits per heavy atom. The Hall–Kier alpha value is -3.53. The smallest absolute Gasteiger partial charge is 0.433 e. The highest BCUT2D eigenvalue weighted by Gasteiger charge is 2.32. The number of carbonyl (C=O) groups excluding carboxylic acids is 1. The molecule has 0 radical (unpaired) electrons. The standard InChI is InChI=1S/C25H24F5N3O2/c1-31-24(34)23(16-5-8-18(26)9-6-16)33-20(17-7-10-19(27)21(13-17)35-2)11-3-15-4-12-22(32-14-15)25(28,29)30/h4-10,12-14,20,23,33H,3,11H2,1-2H3,(H,31,34)/t20-,23+/m0/s1. The maximum Gasteiger partial charge on any atom is 0.433 e. The molecule has 1 heterocycles. The summed E-state index contributed by atoms with van der Waals surface area (Å²) >= 11 is 0. The fraction of sp³-hybridized carbons (Fsp3) is 0.280. The zero-order valence-electron chi connectivity index (χ0n) is 19.0. The van der Waals surface area contributed by atoms with Gasteiger partial charge in [-0.3, -0.25) is 15.1 Å². The van der Waals surface area contributed by atoms with Crippen LogP contribution in [0.25, 0.3) is 0 Å². The van der Waals surface area contributed by atoms with E-state index in [1.54, 1.807) is 0 Å². The molecular formula is C25H24F5N3O2. The number of methoxy groups -OCH3 is 1. The van der Waals surface area contributed by atoms with Gasteiger partial charge in [0.05, 0.1) is 7.11 Å². The molecule has 0 spiro atoms. The van der Waals surface area contributed by atoms with E-state index in [4.69, 9.17) is 4.74 Å². The third kappa shape index (κ3) is 6.75. The summed E-state index contributed by atoms with van der Waals surface area (Å²) in [5.74, 6) is -1.40. The Labute approximate surface area is 199 Å². The molecule has 0 aliphatic heterocycles. The molecule has 186 valence electrons. The number of aromatic nitrogens is 1. The van der Waals surface area contributed by atoms with Crippen molar-refractivity contribution < 1.29 is 31.5 Å². The number of halogens is 5. The van der Waals surface area contributed by atoms with E-state index in [0.717, 1.165) is 12.3 Å². The molecule has 0 bridgehead atoms. The van der Waals surface area contributed by atoms with Crippen molar-refractivity contribution in [3.8, 4) is 5.75 Å². The first-order valence-electron chi connectivity index (χ1n) is 10.7. The van der Waals surface area contributed by atoms with E-state index in [0.29, 0.717) is 29.5 Å². The largest absolute Gasteiger partial charge is 0.494 e. The van der Waals surface area contributed by atoms with E-state index in [1.807, 2.05) is 0 Å². The predicted octanol–water partition coefficient (Wildman–Crippen LogP) is 5.14. The molecule has 0 saturated heterocycles. The molecule has 0 fully saturated rings. The summed E-state index contributed by atoms with van der Waals surface area (Å²) in [5.41, 5.74) is 0.660. The zero-order valence-corrected chi connectivity index (χ0v) is 19.0. The number of likely N-dealkylation sites (N-methyl/N-ethyl adjacent to an activating group) is 1. The van der Waals surface area contributed by atoms with Gasteiger partial charge in [-0.25, -0.2) is 8.78 Å². The lowest BCUT2D eigenvalue weighted by molar-refractivity contribution is -0.141. The average Bonchev–Trinajstić information content (AvgIpc) is 2.84. The molecule has 1 amide bonds. The van der Waals surface area contributed by atoms with Crippen LogP contribution < -0.4 is 15.4 Å². The Balaban J connectivity index is 1.91. The van der Waals surface area contributed by atoms with Crippen LogP contribution in [0.3, 0.4) is 0 Å². The van der Waals surface area contributed by atoms with E-state index in [2.05, 4.69) is 15.6 Å². The van der Waals surface area contributed by atoms with Crippen LogP contribution in [0.15, 0.2) is 60.8 Å². The number of rotatable bonds is 9. The van der Waals surface area contributed by atoms with Crippen molar-refractivity contribution in [2.24, 2.45) is 0 Å². The van der Waals surface area contributed by atoms with Gasteiger partial charge in [0.1, 0.15) is 17.6 Å². The number of benzene rings is 2. The number of carbonyl (C=O) groups is 1. The molecule has 3 rings (SSSR count). The zero-order chi connectivity index (χ0) is 25.6. The van der Waals surface area contributed by atoms with E-state index in [9.17, 15) is 26.7 Å². The number of amides is 1. The molecule has 2 atom stereocenters. The second kappa shape index (κ2) is 11.3. The summed E-state index contributed by atoms with van der Waals surface area (Å²) in [6.45, 7) is 0. The lowest BCUT2D eigenvalue weighted by Crippen LogP contribution is -2.38. The van der Waals surface area contributed by atoms with Gasteiger partial charge in [-0.15, -0.1) is 0 Å². The van der Waals surface area contributed by atoms with E-state index < -0.39 is 35.6 Å². The monoisotopic (exact) mass is 493 g/mol. The first kappa shape index (κ1) is 26.1. The maximum absolute atomic E-state index is 14.0. The summed E-state index contributed by atoms with van der Waals surface area (Å²) in [5, 5.41) is 5.78. The second-order valence-corrected chi connectivity index (χ2v) is 7.80. The highest BCUT2D eigenvalue weighted by atomic mass is 19.4. The van der Waals surface area contributed by atoms with Crippen LogP contribution in [0.5, 0.6) is 5.75 Å². The summed E-state index contributed by atoms with van der Waals surface area (Å²) in [7, 11) is 2.79. The molecule has 35 heavy (non-hydrogen) atoms. The third-order valence-electron chi connectivity index (χ3n) is 5.49. The summed E-state index contributed by atoms with van der Waals surface area (Å²) in [6, 6.07) is 10.5. The lowest BCUT2D eigenvalue weighted by atomic mass is 9.96. The minimum Gasteiger partial charge on any atom is -0.494 e. The van der Waals surface area contributed by atoms with Crippen LogP contribution in [-0.2, 0) is 17.4 Å². The fourth-order valence-corrected chi connectivity index (χ4v) is 3.61. The third-order valence-corrected chi connectivity index (χ3v) is 5.49. The van der Waals surface area contributed by atoms with Crippen molar-refractivity contribution in [2.75, 3.05) is 14.2 Å². The van der Waals surface area contributed by atoms with Crippen molar-refractivity contribution in [1.29, 1.82) is 0 Å². The number of aryl methyl sites for hydroxylation is 1. The molecule has 0 unspecified atom stereocenters. The highest BCUT2D eigenvalue weighted by molar-refractivity contribution is 5.83. The fourth-order valence-electron chi connectivity index (χ4n) is 3.61. The van der Waals surface area contributed by atoms with Crippen LogP contribution in [0.2, 0.25) is 0 Å². The van der Waals surface area contributed by atoms with Crippen LogP contribution in [-0.4, -0.2) is 25.0 Å². The molecule has 2 N–H and O–H groups in total. The van der Waals surface area contributed by atoms with Crippen LogP contribution in [0.1, 0.15) is 40.9 Å². The topological polar surface area (TPSA) is 63.2 Å². The first-order valence-corrected chi connectivity index (χ1v) is 10.7. The van der Waals surface area contributed by atoms with Crippen molar-refractivity contribution in [3.63, 3.8) is 0 Å². The van der Waals surface area contributed by atoms with Gasteiger partial charge < -0.3 is 10.1 Å².